The SMILES string of the molecule is CCCCCCCCCC(=O)O[C@H](COC(=O)CCCCCCC)COP(=O)(O)OC[C@H](O)COP(=O)(O)OC[C@@H](COC(=O)CCCCCCCC)OC(=O)CCC. The molecule has 19 heteroatoms. The van der Waals surface area contributed by atoms with Crippen molar-refractivity contribution in [2.24, 2.45) is 0 Å². The van der Waals surface area contributed by atoms with E-state index in [1.54, 1.807) is 6.92 Å². The van der Waals surface area contributed by atoms with Crippen LogP contribution in [0.15, 0.2) is 0 Å². The van der Waals surface area contributed by atoms with Crippen LogP contribution in [0.25, 0.3) is 0 Å². The Labute approximate surface area is 352 Å². The number of hydrogen-bond donors (Lipinski definition) is 3. The Morgan fingerprint density at radius 3 is 1.07 bits per heavy atom. The number of phosphoric acid groups is 2. The lowest BCUT2D eigenvalue weighted by Gasteiger charge is -2.21. The number of hydrogen-bond acceptors (Lipinski definition) is 15. The average Bonchev–Trinajstić information content (AvgIpc) is 3.19. The van der Waals surface area contributed by atoms with Gasteiger partial charge in [-0.2, -0.15) is 0 Å². The van der Waals surface area contributed by atoms with Crippen molar-refractivity contribution >= 4 is 39.5 Å². The van der Waals surface area contributed by atoms with Crippen molar-refractivity contribution in [1.82, 2.24) is 0 Å². The molecule has 0 aromatic rings. The van der Waals surface area contributed by atoms with E-state index in [-0.39, 0.29) is 25.7 Å². The lowest BCUT2D eigenvalue weighted by molar-refractivity contribution is -0.161. The number of unbranched alkanes of at least 4 members (excludes halogenated alkanes) is 15. The summed E-state index contributed by atoms with van der Waals surface area (Å²) in [6, 6.07) is 0. The summed E-state index contributed by atoms with van der Waals surface area (Å²) in [4.78, 5) is 69.6. The van der Waals surface area contributed by atoms with Crippen LogP contribution in [0.3, 0.4) is 0 Å². The highest BCUT2D eigenvalue weighted by Crippen LogP contribution is 2.45. The molecule has 17 nitrogen and oxygen atoms in total. The summed E-state index contributed by atoms with van der Waals surface area (Å²) < 4.78 is 65.8. The van der Waals surface area contributed by atoms with Crippen LogP contribution < -0.4 is 0 Å². The molecule has 0 rings (SSSR count). The average molecular weight is 891 g/mol. The zero-order valence-electron chi connectivity index (χ0n) is 36.2. The van der Waals surface area contributed by atoms with Gasteiger partial charge in [0.1, 0.15) is 19.3 Å². The van der Waals surface area contributed by atoms with Gasteiger partial charge in [-0.15, -0.1) is 0 Å². The van der Waals surface area contributed by atoms with E-state index in [2.05, 4.69) is 20.8 Å². The van der Waals surface area contributed by atoms with Crippen LogP contribution in [-0.4, -0.2) is 96.7 Å². The minimum absolute atomic E-state index is 0.0535. The second-order valence-electron chi connectivity index (χ2n) is 14.7. The van der Waals surface area contributed by atoms with E-state index in [1.165, 1.54) is 0 Å². The van der Waals surface area contributed by atoms with Gasteiger partial charge in [0, 0.05) is 25.7 Å². The Bertz CT molecular complexity index is 1200. The van der Waals surface area contributed by atoms with Crippen molar-refractivity contribution in [2.45, 2.75) is 194 Å². The first kappa shape index (κ1) is 57.1. The van der Waals surface area contributed by atoms with Gasteiger partial charge in [-0.3, -0.25) is 37.3 Å². The van der Waals surface area contributed by atoms with Gasteiger partial charge >= 0.3 is 39.5 Å². The molecule has 59 heavy (non-hydrogen) atoms. The van der Waals surface area contributed by atoms with Gasteiger partial charge in [0.15, 0.2) is 12.2 Å². The van der Waals surface area contributed by atoms with Crippen molar-refractivity contribution in [3.63, 3.8) is 0 Å². The van der Waals surface area contributed by atoms with Crippen molar-refractivity contribution in [3.8, 4) is 0 Å². The van der Waals surface area contributed by atoms with E-state index in [1.807, 2.05) is 0 Å². The molecule has 0 aliphatic heterocycles. The molecule has 2 unspecified atom stereocenters. The Hall–Kier alpha value is -1.94. The van der Waals surface area contributed by atoms with Gasteiger partial charge in [0.2, 0.25) is 0 Å². The molecule has 0 aromatic heterocycles. The number of phosphoric ester groups is 2. The molecule has 348 valence electrons. The normalized spacial score (nSPS) is 15.0. The molecule has 0 spiro atoms. The third-order valence-corrected chi connectivity index (χ3v) is 10.7. The summed E-state index contributed by atoms with van der Waals surface area (Å²) in [6.45, 7) is 4.09. The van der Waals surface area contributed by atoms with E-state index < -0.39 is 97.5 Å². The van der Waals surface area contributed by atoms with Crippen LogP contribution in [0.4, 0.5) is 0 Å². The number of aliphatic hydroxyl groups is 1. The Kier molecular flexibility index (Phi) is 35.5. The van der Waals surface area contributed by atoms with Gasteiger partial charge in [-0.05, 0) is 25.7 Å². The molecule has 0 aromatic carbocycles. The summed E-state index contributed by atoms with van der Waals surface area (Å²) in [7, 11) is -9.79. The quantitative estimate of drug-likeness (QED) is 0.0225. The van der Waals surface area contributed by atoms with Crippen molar-refractivity contribution in [3.05, 3.63) is 0 Å². The molecule has 3 N–H and O–H groups in total. The van der Waals surface area contributed by atoms with Gasteiger partial charge in [-0.1, -0.05) is 124 Å². The summed E-state index contributed by atoms with van der Waals surface area (Å²) in [5.41, 5.74) is 0. The zero-order valence-corrected chi connectivity index (χ0v) is 38.0. The predicted octanol–water partition coefficient (Wildman–Crippen LogP) is 8.58. The number of carbonyl (C=O) groups excluding carboxylic acids is 4. The van der Waals surface area contributed by atoms with E-state index in [4.69, 9.17) is 37.0 Å². The lowest BCUT2D eigenvalue weighted by Crippen LogP contribution is -2.30. The summed E-state index contributed by atoms with van der Waals surface area (Å²) in [6.07, 6.45) is 14.1. The first-order chi connectivity index (χ1) is 28.2. The molecule has 0 aliphatic rings. The van der Waals surface area contributed by atoms with Crippen LogP contribution in [0.2, 0.25) is 0 Å². The molecule has 0 saturated heterocycles. The van der Waals surface area contributed by atoms with E-state index in [0.717, 1.165) is 96.3 Å². The molecule has 0 aliphatic carbocycles. The highest BCUT2D eigenvalue weighted by molar-refractivity contribution is 7.47. The number of esters is 4. The molecule has 0 fully saturated rings. The topological polar surface area (TPSA) is 237 Å². The standard InChI is InChI=1S/C40H76O17P2/c1-5-9-12-15-17-20-23-27-40(45)57-36(31-51-37(42)25-21-18-14-11-7-3)33-55-59(48,49)53-29-34(41)28-52-58(46,47)54-32-35(56-39(44)24-8-4)30-50-38(43)26-22-19-16-13-10-6-2/h34-36,41H,5-33H2,1-4H3,(H,46,47)(H,48,49)/t34-,35-,36-/m1/s1. The number of ether oxygens (including phenoxy) is 4. The maximum Gasteiger partial charge on any atom is 0.472 e. The smallest absolute Gasteiger partial charge is 0.462 e. The fourth-order valence-corrected chi connectivity index (χ4v) is 7.01. The molecular formula is C40H76O17P2. The van der Waals surface area contributed by atoms with Crippen molar-refractivity contribution < 1.29 is 80.2 Å². The van der Waals surface area contributed by atoms with Crippen molar-refractivity contribution in [1.29, 1.82) is 0 Å². The maximum absolute atomic E-state index is 12.6. The first-order valence-electron chi connectivity index (χ1n) is 21.8. The van der Waals surface area contributed by atoms with Crippen LogP contribution in [0, 0.1) is 0 Å². The second-order valence-corrected chi connectivity index (χ2v) is 17.6. The summed E-state index contributed by atoms with van der Waals surface area (Å²) in [5.74, 6) is -2.25. The summed E-state index contributed by atoms with van der Waals surface area (Å²) in [5, 5.41) is 10.3. The van der Waals surface area contributed by atoms with Crippen LogP contribution in [0.1, 0.15) is 175 Å². The van der Waals surface area contributed by atoms with Crippen LogP contribution in [0.5, 0.6) is 0 Å². The highest BCUT2D eigenvalue weighted by Gasteiger charge is 2.30. The largest absolute Gasteiger partial charge is 0.472 e. The first-order valence-corrected chi connectivity index (χ1v) is 24.8. The van der Waals surface area contributed by atoms with Gasteiger partial charge < -0.3 is 33.8 Å². The van der Waals surface area contributed by atoms with Crippen LogP contribution in [-0.2, 0) is 65.4 Å². The molecular weight excluding hydrogens is 814 g/mol. The fourth-order valence-electron chi connectivity index (χ4n) is 5.43. The number of aliphatic hydroxyl groups excluding tert-OH is 1. The van der Waals surface area contributed by atoms with E-state index >= 15 is 0 Å². The van der Waals surface area contributed by atoms with Gasteiger partial charge in [-0.25, -0.2) is 9.13 Å². The monoisotopic (exact) mass is 890 g/mol. The predicted molar refractivity (Wildman–Crippen MR) is 220 cm³/mol. The molecule has 0 saturated carbocycles. The zero-order chi connectivity index (χ0) is 44.2. The Morgan fingerprint density at radius 2 is 0.712 bits per heavy atom. The lowest BCUT2D eigenvalue weighted by atomic mass is 10.1. The Morgan fingerprint density at radius 1 is 0.407 bits per heavy atom. The molecule has 0 radical (unpaired) electrons. The third-order valence-electron chi connectivity index (χ3n) is 8.82. The van der Waals surface area contributed by atoms with E-state index in [9.17, 15) is 43.2 Å². The molecule has 0 amide bonds. The number of rotatable bonds is 41. The van der Waals surface area contributed by atoms with Gasteiger partial charge in [0.05, 0.1) is 26.4 Å². The summed E-state index contributed by atoms with van der Waals surface area (Å²) >= 11 is 0. The Balaban J connectivity index is 5.00. The minimum atomic E-state index is -4.90. The highest BCUT2D eigenvalue weighted by atomic mass is 31.2. The third kappa shape index (κ3) is 36.4. The van der Waals surface area contributed by atoms with Crippen LogP contribution >= 0.6 is 15.6 Å². The molecule has 5 atom stereocenters. The molecule has 0 bridgehead atoms. The fraction of sp³-hybridized carbons (Fsp3) is 0.900. The minimum Gasteiger partial charge on any atom is -0.462 e. The number of carbonyl (C=O) groups is 4. The van der Waals surface area contributed by atoms with Gasteiger partial charge in [0.25, 0.3) is 0 Å². The van der Waals surface area contributed by atoms with Crippen molar-refractivity contribution in [2.75, 3.05) is 39.6 Å². The van der Waals surface area contributed by atoms with E-state index in [0.29, 0.717) is 25.7 Å². The molecule has 0 heterocycles. The second kappa shape index (κ2) is 36.7. The maximum atomic E-state index is 12.6.